The second-order valence-corrected chi connectivity index (χ2v) is 10.0. The van der Waals surface area contributed by atoms with Crippen LogP contribution in [-0.2, 0) is 17.7 Å². The third-order valence-corrected chi connectivity index (χ3v) is 6.02. The minimum atomic E-state index is -0.604. The van der Waals surface area contributed by atoms with Gasteiger partial charge in [-0.2, -0.15) is 4.99 Å². The summed E-state index contributed by atoms with van der Waals surface area (Å²) in [5.74, 6) is -0.296. The molecule has 37 heavy (non-hydrogen) atoms. The van der Waals surface area contributed by atoms with Gasteiger partial charge in [0, 0.05) is 25.6 Å². The number of carbonyl (C=O) groups is 3. The number of amides is 3. The molecule has 198 valence electrons. The van der Waals surface area contributed by atoms with E-state index in [0.29, 0.717) is 45.3 Å². The van der Waals surface area contributed by atoms with E-state index in [1.165, 1.54) is 18.4 Å². The number of fused-ring (bicyclic) bond motifs is 1. The maximum atomic E-state index is 13.0. The number of aromatic nitrogens is 2. The van der Waals surface area contributed by atoms with Crippen molar-refractivity contribution < 1.29 is 28.3 Å². The maximum Gasteiger partial charge on any atom is 0.407 e. The first-order chi connectivity index (χ1) is 17.4. The fraction of sp³-hybridized carbons (Fsp3) is 0.400. The second-order valence-electron chi connectivity index (χ2n) is 9.02. The molecule has 3 N–H and O–H groups in total. The van der Waals surface area contributed by atoms with E-state index in [-0.39, 0.29) is 17.9 Å². The van der Waals surface area contributed by atoms with Crippen LogP contribution in [0.2, 0.25) is 0 Å². The van der Waals surface area contributed by atoms with E-state index >= 15 is 0 Å². The lowest BCUT2D eigenvalue weighted by molar-refractivity contribution is 0.0533. The number of allylic oxidation sites excluding steroid dienone is 1. The van der Waals surface area contributed by atoms with E-state index < -0.39 is 23.5 Å². The van der Waals surface area contributed by atoms with E-state index in [9.17, 15) is 14.4 Å². The van der Waals surface area contributed by atoms with Crippen molar-refractivity contribution in [3.05, 3.63) is 52.0 Å². The number of ether oxygens (including phenoxy) is 2. The van der Waals surface area contributed by atoms with E-state index in [4.69, 9.17) is 19.6 Å². The Morgan fingerprint density at radius 3 is 2.62 bits per heavy atom. The summed E-state index contributed by atoms with van der Waals surface area (Å²) >= 11 is 1.21. The predicted molar refractivity (Wildman–Crippen MR) is 139 cm³/mol. The third kappa shape index (κ3) is 6.85. The quantitative estimate of drug-likeness (QED) is 0.424. The Morgan fingerprint density at radius 2 is 2.00 bits per heavy atom. The number of rotatable bonds is 8. The minimum absolute atomic E-state index is 0.0888. The molecule has 0 aliphatic carbocycles. The van der Waals surface area contributed by atoms with Crippen molar-refractivity contribution >= 4 is 39.5 Å². The van der Waals surface area contributed by atoms with E-state index in [1.54, 1.807) is 50.5 Å². The van der Waals surface area contributed by atoms with Gasteiger partial charge in [-0.15, -0.1) is 0 Å². The van der Waals surface area contributed by atoms with Crippen molar-refractivity contribution in [1.82, 2.24) is 14.9 Å². The van der Waals surface area contributed by atoms with Gasteiger partial charge in [-0.05, 0) is 39.3 Å². The molecule has 3 amide bonds. The van der Waals surface area contributed by atoms with Crippen LogP contribution in [0.25, 0.3) is 10.2 Å². The number of nitrogens with zero attached hydrogens (tertiary/aromatic N) is 3. The summed E-state index contributed by atoms with van der Waals surface area (Å²) in [6, 6.07) is 3.18. The van der Waals surface area contributed by atoms with Gasteiger partial charge in [-0.25, -0.2) is 9.78 Å². The molecule has 0 unspecified atom stereocenters. The summed E-state index contributed by atoms with van der Waals surface area (Å²) in [6.07, 6.45) is 3.56. The highest BCUT2D eigenvalue weighted by Gasteiger charge is 2.20. The first-order valence-corrected chi connectivity index (χ1v) is 12.4. The lowest BCUT2D eigenvalue weighted by Crippen LogP contribution is -2.32. The Bertz CT molecular complexity index is 1420. The van der Waals surface area contributed by atoms with Crippen LogP contribution in [0, 0.1) is 6.92 Å². The Kier molecular flexibility index (Phi) is 8.53. The van der Waals surface area contributed by atoms with Crippen LogP contribution in [0.4, 0.5) is 4.79 Å². The number of aryl methyl sites for hydroxylation is 2. The SMILES string of the molecule is CCc1nc(C)oc1C(=O)/N=c1\sc2cc(C(N)=O)cc(OC)c2n1C/C=C/CNC(=O)OC(C)(C)C. The molecule has 0 fully saturated rings. The Hall–Kier alpha value is -3.93. The van der Waals surface area contributed by atoms with Crippen molar-refractivity contribution in [2.45, 2.75) is 53.2 Å². The van der Waals surface area contributed by atoms with E-state index in [1.807, 2.05) is 13.0 Å². The minimum Gasteiger partial charge on any atom is -0.494 e. The molecule has 0 saturated heterocycles. The summed E-state index contributed by atoms with van der Waals surface area (Å²) in [7, 11) is 1.48. The van der Waals surface area contributed by atoms with Crippen LogP contribution in [0.3, 0.4) is 0 Å². The molecule has 12 heteroatoms. The van der Waals surface area contributed by atoms with Crippen molar-refractivity contribution in [3.63, 3.8) is 0 Å². The number of nitrogens with one attached hydrogen (secondary N) is 1. The van der Waals surface area contributed by atoms with Crippen molar-refractivity contribution in [2.75, 3.05) is 13.7 Å². The average Bonchev–Trinajstić information content (AvgIpc) is 3.36. The molecule has 0 bridgehead atoms. The maximum absolute atomic E-state index is 13.0. The standard InChI is InChI=1S/C25H31N5O6S/c1-7-16-20(35-14(2)28-16)22(32)29-23-30(11-9-8-10-27-24(33)36-25(3,4)5)19-17(34-6)12-15(21(26)31)13-18(19)37-23/h8-9,12-13H,7,10-11H2,1-6H3,(H2,26,31)(H,27,33)/b9-8+,29-23-. The normalized spacial score (nSPS) is 12.3. The number of benzene rings is 1. The van der Waals surface area contributed by atoms with Crippen LogP contribution >= 0.6 is 11.3 Å². The molecule has 0 spiro atoms. The number of alkyl carbamates (subject to hydrolysis) is 1. The summed E-state index contributed by atoms with van der Waals surface area (Å²) in [5, 5.41) is 2.65. The largest absolute Gasteiger partial charge is 0.494 e. The van der Waals surface area contributed by atoms with Gasteiger partial charge in [0.1, 0.15) is 16.9 Å². The number of nitrogens with two attached hydrogens (primary N) is 1. The molecular weight excluding hydrogens is 498 g/mol. The fourth-order valence-corrected chi connectivity index (χ4v) is 4.55. The molecule has 1 aromatic carbocycles. The molecule has 0 aliphatic heterocycles. The number of hydrogen-bond donors (Lipinski definition) is 2. The zero-order chi connectivity index (χ0) is 27.3. The molecule has 0 saturated carbocycles. The van der Waals surface area contributed by atoms with Crippen molar-refractivity contribution in [3.8, 4) is 5.75 Å². The van der Waals surface area contributed by atoms with E-state index in [0.717, 1.165) is 0 Å². The average molecular weight is 530 g/mol. The molecule has 3 aromatic rings. The first-order valence-electron chi connectivity index (χ1n) is 11.6. The highest BCUT2D eigenvalue weighted by Crippen LogP contribution is 2.29. The highest BCUT2D eigenvalue weighted by atomic mass is 32.1. The van der Waals surface area contributed by atoms with Gasteiger partial charge in [0.05, 0.1) is 17.5 Å². The van der Waals surface area contributed by atoms with Crippen LogP contribution in [0.1, 0.15) is 60.2 Å². The molecule has 0 atom stereocenters. The molecule has 3 rings (SSSR count). The lowest BCUT2D eigenvalue weighted by Gasteiger charge is -2.19. The van der Waals surface area contributed by atoms with Crippen LogP contribution in [0.15, 0.2) is 33.7 Å². The monoisotopic (exact) mass is 529 g/mol. The topological polar surface area (TPSA) is 151 Å². The third-order valence-electron chi connectivity index (χ3n) is 4.99. The van der Waals surface area contributed by atoms with Crippen molar-refractivity contribution in [1.29, 1.82) is 0 Å². The van der Waals surface area contributed by atoms with Gasteiger partial charge >= 0.3 is 12.0 Å². The zero-order valence-electron chi connectivity index (χ0n) is 21.7. The lowest BCUT2D eigenvalue weighted by atomic mass is 10.2. The smallest absolute Gasteiger partial charge is 0.407 e. The molecule has 0 radical (unpaired) electrons. The molecule has 0 aliphatic rings. The molecule has 2 heterocycles. The number of carbonyl (C=O) groups excluding carboxylic acids is 3. The first kappa shape index (κ1) is 27.7. The summed E-state index contributed by atoms with van der Waals surface area (Å²) in [5.41, 5.74) is 6.33. The van der Waals surface area contributed by atoms with Gasteiger partial charge in [0.2, 0.25) is 11.7 Å². The number of methoxy groups -OCH3 is 1. The second kappa shape index (κ2) is 11.4. The summed E-state index contributed by atoms with van der Waals surface area (Å²) in [4.78, 5) is 45.7. The summed E-state index contributed by atoms with van der Waals surface area (Å²) < 4.78 is 18.7. The Labute approximate surface area is 218 Å². The van der Waals surface area contributed by atoms with Gasteiger partial charge in [0.15, 0.2) is 10.7 Å². The van der Waals surface area contributed by atoms with Crippen molar-refractivity contribution in [2.24, 2.45) is 10.7 Å². The van der Waals surface area contributed by atoms with Crippen LogP contribution in [0.5, 0.6) is 5.75 Å². The van der Waals surface area contributed by atoms with Crippen LogP contribution < -0.4 is 20.6 Å². The highest BCUT2D eigenvalue weighted by molar-refractivity contribution is 7.16. The fourth-order valence-electron chi connectivity index (χ4n) is 3.46. The number of oxazole rings is 1. The molecular formula is C25H31N5O6S. The molecule has 11 nitrogen and oxygen atoms in total. The zero-order valence-corrected chi connectivity index (χ0v) is 22.5. The number of primary amides is 1. The van der Waals surface area contributed by atoms with Gasteiger partial charge in [0.25, 0.3) is 0 Å². The number of hydrogen-bond acceptors (Lipinski definition) is 8. The van der Waals surface area contributed by atoms with Gasteiger partial charge < -0.3 is 29.5 Å². The number of thiazole rings is 1. The van der Waals surface area contributed by atoms with E-state index in [2.05, 4.69) is 15.3 Å². The van der Waals surface area contributed by atoms with Gasteiger partial charge in [-0.3, -0.25) is 9.59 Å². The van der Waals surface area contributed by atoms with Crippen LogP contribution in [-0.4, -0.2) is 46.7 Å². The predicted octanol–water partition coefficient (Wildman–Crippen LogP) is 3.49. The summed E-state index contributed by atoms with van der Waals surface area (Å²) in [6.45, 7) is 9.43. The molecule has 2 aromatic heterocycles. The van der Waals surface area contributed by atoms with Gasteiger partial charge in [-0.1, -0.05) is 30.4 Å². The Balaban J connectivity index is 2.01. The Morgan fingerprint density at radius 1 is 1.27 bits per heavy atom.